The van der Waals surface area contributed by atoms with Gasteiger partial charge in [0.05, 0.1) is 29.4 Å². The second kappa shape index (κ2) is 15.7. The number of carboxylic acids is 1. The molecule has 0 radical (unpaired) electrons. The smallest absolute Gasteiger partial charge is 0.358 e. The predicted molar refractivity (Wildman–Crippen MR) is 211 cm³/mol. The summed E-state index contributed by atoms with van der Waals surface area (Å²) in [6.07, 6.45) is 0. The van der Waals surface area contributed by atoms with E-state index in [9.17, 15) is 14.7 Å². The van der Waals surface area contributed by atoms with Crippen LogP contribution in [0.15, 0.2) is 121 Å². The van der Waals surface area contributed by atoms with Crippen molar-refractivity contribution in [1.82, 2.24) is 29.2 Å². The predicted octanol–water partition coefficient (Wildman–Crippen LogP) is 10.6. The first-order valence-corrected chi connectivity index (χ1v) is 17.8. The van der Waals surface area contributed by atoms with Crippen molar-refractivity contribution in [2.45, 2.75) is 6.92 Å². The number of esters is 1. The van der Waals surface area contributed by atoms with Gasteiger partial charge in [-0.15, -0.1) is 0 Å². The second-order valence-corrected chi connectivity index (χ2v) is 13.3. The fourth-order valence-electron chi connectivity index (χ4n) is 5.62. The molecule has 4 aromatic carbocycles. The third-order valence-corrected chi connectivity index (χ3v) is 9.30. The lowest BCUT2D eigenvalue weighted by Crippen LogP contribution is -2.06. The van der Waals surface area contributed by atoms with Crippen LogP contribution in [-0.4, -0.2) is 52.8 Å². The van der Waals surface area contributed by atoms with E-state index in [2.05, 4.69) is 20.2 Å². The summed E-state index contributed by atoms with van der Waals surface area (Å²) in [5.41, 5.74) is 7.05. The zero-order valence-electron chi connectivity index (χ0n) is 28.1. The van der Waals surface area contributed by atoms with Gasteiger partial charge in [-0.3, -0.25) is 0 Å². The number of nitrogens with zero attached hydrogens (tertiary/aromatic N) is 6. The summed E-state index contributed by atoms with van der Waals surface area (Å²) in [7, 11) is 0. The van der Waals surface area contributed by atoms with Crippen LogP contribution in [0.25, 0.3) is 56.3 Å². The number of rotatable bonds is 7. The number of hydrogen-bond donors (Lipinski definition) is 1. The van der Waals surface area contributed by atoms with E-state index in [1.165, 1.54) is 10.6 Å². The van der Waals surface area contributed by atoms with Crippen LogP contribution in [0.4, 0.5) is 0 Å². The lowest BCUT2D eigenvalue weighted by atomic mass is 10.1. The lowest BCUT2D eigenvalue weighted by Gasteiger charge is -2.10. The van der Waals surface area contributed by atoms with Gasteiger partial charge in [-0.05, 0) is 55.5 Å². The van der Waals surface area contributed by atoms with Crippen molar-refractivity contribution in [2.75, 3.05) is 6.61 Å². The summed E-state index contributed by atoms with van der Waals surface area (Å²) in [5.74, 6) is -1.61. The molecular weight excluding hydrogens is 770 g/mol. The number of carbonyl (C=O) groups is 2. The molecule has 1 N–H and O–H groups in total. The van der Waals surface area contributed by atoms with Gasteiger partial charge in [-0.2, -0.15) is 10.2 Å². The highest BCUT2D eigenvalue weighted by molar-refractivity contribution is 6.33. The van der Waals surface area contributed by atoms with E-state index >= 15 is 0 Å². The van der Waals surface area contributed by atoms with Crippen molar-refractivity contribution in [3.63, 3.8) is 0 Å². The molecular formula is C40H26Cl4N6O4. The number of fused-ring (bicyclic) bond motifs is 2. The van der Waals surface area contributed by atoms with Crippen LogP contribution in [0.5, 0.6) is 0 Å². The van der Waals surface area contributed by atoms with Crippen molar-refractivity contribution in [3.05, 3.63) is 153 Å². The van der Waals surface area contributed by atoms with Gasteiger partial charge in [-0.1, -0.05) is 107 Å². The molecule has 0 aliphatic carbocycles. The normalized spacial score (nSPS) is 11.0. The molecule has 14 heteroatoms. The van der Waals surface area contributed by atoms with Crippen molar-refractivity contribution in [1.29, 1.82) is 0 Å². The molecule has 0 bridgehead atoms. The molecule has 0 spiro atoms. The molecule has 8 rings (SSSR count). The molecule has 4 aromatic heterocycles. The van der Waals surface area contributed by atoms with Gasteiger partial charge in [0.2, 0.25) is 0 Å². The molecule has 0 atom stereocenters. The number of carboxylic acid groups (broad SMARTS) is 1. The number of hydrogen-bond acceptors (Lipinski definition) is 7. The van der Waals surface area contributed by atoms with Gasteiger partial charge >= 0.3 is 11.9 Å². The van der Waals surface area contributed by atoms with Crippen molar-refractivity contribution in [3.8, 4) is 45.0 Å². The second-order valence-electron chi connectivity index (χ2n) is 11.7. The number of benzene rings is 4. The Morgan fingerprint density at radius 3 is 1.46 bits per heavy atom. The first kappa shape index (κ1) is 36.6. The van der Waals surface area contributed by atoms with Gasteiger partial charge in [0.1, 0.15) is 0 Å². The third-order valence-electron chi connectivity index (χ3n) is 8.14. The summed E-state index contributed by atoms with van der Waals surface area (Å²) in [6, 6.07) is 36.2. The Morgan fingerprint density at radius 2 is 1.04 bits per heavy atom. The SMILES string of the molecule is CCOC(=O)c1cc2nc(-c3ccc(Cl)cc3)cc(-c3ccccc3Cl)n2n1.O=C(O)c1cc2nc(-c3ccc(Cl)cc3)cc(-c3ccccc3Cl)n2n1. The Hall–Kier alpha value is -5.78. The standard InChI is InChI=1S/C21H15Cl2N3O2.C19H11Cl2N3O2/c1-2-28-21(27)18-12-20-24-17(13-7-9-14(22)10-8-13)11-19(26(20)25-18)15-5-3-4-6-16(15)23;20-12-7-5-11(6-8-12)15-9-17(13-3-1-2-4-14(13)21)24-18(22-15)10-16(23-24)19(25)26/h3-12H,2H2,1H3;1-10H,(H,25,26). The Morgan fingerprint density at radius 1 is 0.611 bits per heavy atom. The van der Waals surface area contributed by atoms with E-state index < -0.39 is 11.9 Å². The van der Waals surface area contributed by atoms with E-state index in [0.717, 1.165) is 33.6 Å². The molecule has 4 heterocycles. The van der Waals surface area contributed by atoms with Crippen LogP contribution in [0, 0.1) is 0 Å². The van der Waals surface area contributed by atoms with Gasteiger partial charge < -0.3 is 9.84 Å². The average molecular weight is 796 g/mol. The minimum absolute atomic E-state index is 0.0842. The summed E-state index contributed by atoms with van der Waals surface area (Å²) < 4.78 is 8.17. The van der Waals surface area contributed by atoms with Crippen molar-refractivity contribution in [2.24, 2.45) is 0 Å². The number of aromatic nitrogens is 6. The molecule has 8 aromatic rings. The minimum atomic E-state index is -1.12. The summed E-state index contributed by atoms with van der Waals surface area (Å²) >= 11 is 24.7. The minimum Gasteiger partial charge on any atom is -0.476 e. The number of aromatic carboxylic acids is 1. The number of ether oxygens (including phenoxy) is 1. The Balaban J connectivity index is 0.000000167. The van der Waals surface area contributed by atoms with Gasteiger partial charge in [0.25, 0.3) is 0 Å². The fraction of sp³-hybridized carbons (Fsp3) is 0.0500. The van der Waals surface area contributed by atoms with Gasteiger partial charge in [-0.25, -0.2) is 28.6 Å². The van der Waals surface area contributed by atoms with Gasteiger partial charge in [0.15, 0.2) is 22.7 Å². The largest absolute Gasteiger partial charge is 0.476 e. The molecule has 0 fully saturated rings. The summed E-state index contributed by atoms with van der Waals surface area (Å²) in [6.45, 7) is 2.02. The molecule has 10 nitrogen and oxygen atoms in total. The van der Waals surface area contributed by atoms with E-state index in [4.69, 9.17) is 51.1 Å². The van der Waals surface area contributed by atoms with E-state index in [-0.39, 0.29) is 18.0 Å². The first-order valence-electron chi connectivity index (χ1n) is 16.3. The van der Waals surface area contributed by atoms with E-state index in [1.54, 1.807) is 53.9 Å². The lowest BCUT2D eigenvalue weighted by molar-refractivity contribution is 0.0518. The maximum absolute atomic E-state index is 12.2. The van der Waals surface area contributed by atoms with E-state index in [0.29, 0.717) is 42.8 Å². The summed E-state index contributed by atoms with van der Waals surface area (Å²) in [5, 5.41) is 20.2. The Kier molecular flexibility index (Phi) is 10.6. The number of carbonyl (C=O) groups excluding carboxylic acids is 1. The third kappa shape index (κ3) is 7.64. The van der Waals surface area contributed by atoms with Crippen LogP contribution in [0.3, 0.4) is 0 Å². The van der Waals surface area contributed by atoms with E-state index in [1.807, 2.05) is 72.8 Å². The topological polar surface area (TPSA) is 124 Å². The van der Waals surface area contributed by atoms with Crippen LogP contribution >= 0.6 is 46.4 Å². The first-order chi connectivity index (χ1) is 26.1. The highest BCUT2D eigenvalue weighted by Crippen LogP contribution is 2.33. The number of halogens is 4. The zero-order valence-corrected chi connectivity index (χ0v) is 31.1. The van der Waals surface area contributed by atoms with Crippen LogP contribution in [0.1, 0.15) is 27.9 Å². The highest BCUT2D eigenvalue weighted by atomic mass is 35.5. The van der Waals surface area contributed by atoms with Crippen LogP contribution < -0.4 is 0 Å². The maximum atomic E-state index is 12.2. The average Bonchev–Trinajstić information content (AvgIpc) is 3.81. The van der Waals surface area contributed by atoms with Gasteiger partial charge in [0, 0.05) is 54.5 Å². The molecule has 0 saturated heterocycles. The van der Waals surface area contributed by atoms with Crippen LogP contribution in [-0.2, 0) is 4.74 Å². The summed E-state index contributed by atoms with van der Waals surface area (Å²) in [4.78, 5) is 32.7. The monoisotopic (exact) mass is 794 g/mol. The maximum Gasteiger partial charge on any atom is 0.358 e. The van der Waals surface area contributed by atoms with Crippen molar-refractivity contribution < 1.29 is 19.4 Å². The van der Waals surface area contributed by atoms with Crippen molar-refractivity contribution >= 4 is 69.6 Å². The quantitative estimate of drug-likeness (QED) is 0.158. The fourth-order valence-corrected chi connectivity index (χ4v) is 6.33. The Bertz CT molecular complexity index is 2680. The highest BCUT2D eigenvalue weighted by Gasteiger charge is 2.19. The molecule has 0 aliphatic heterocycles. The molecule has 54 heavy (non-hydrogen) atoms. The zero-order chi connectivity index (χ0) is 37.9. The molecule has 0 amide bonds. The molecule has 268 valence electrons. The molecule has 0 aliphatic rings. The molecule has 0 unspecified atom stereocenters. The Labute approximate surface area is 328 Å². The molecule has 0 saturated carbocycles. The van der Waals surface area contributed by atoms with Crippen LogP contribution in [0.2, 0.25) is 20.1 Å².